The third-order valence-corrected chi connectivity index (χ3v) is 1.96. The van der Waals surface area contributed by atoms with Crippen LogP contribution in [0.15, 0.2) is 28.5 Å². The Balaban J connectivity index is 2.85. The van der Waals surface area contributed by atoms with Gasteiger partial charge in [-0.15, -0.1) is 0 Å². The zero-order chi connectivity index (χ0) is 12.5. The second kappa shape index (κ2) is 6.91. The summed E-state index contributed by atoms with van der Waals surface area (Å²) in [6.07, 6.45) is 0. The van der Waals surface area contributed by atoms with Gasteiger partial charge in [-0.1, -0.05) is 10.3 Å². The van der Waals surface area contributed by atoms with Crippen molar-refractivity contribution in [3.8, 4) is 11.5 Å². The van der Waals surface area contributed by atoms with E-state index in [0.717, 1.165) is 5.56 Å². The normalized spacial score (nSPS) is 9.00. The molecule has 8 heteroatoms. The lowest BCUT2D eigenvalue weighted by molar-refractivity contribution is 0.321. The number of benzene rings is 1. The lowest BCUT2D eigenvalue weighted by atomic mass is 10.2. The van der Waals surface area contributed by atoms with Crippen LogP contribution in [-0.2, 0) is 6.54 Å². The minimum absolute atomic E-state index is 0.102. The van der Waals surface area contributed by atoms with Crippen molar-refractivity contribution in [2.45, 2.75) is 6.54 Å². The molecule has 1 rings (SSSR count). The molecule has 0 unspecified atom stereocenters. The largest absolute Gasteiger partial charge is 0.497 e. The third-order valence-electron chi connectivity index (χ3n) is 1.96. The molecule has 1 aromatic carbocycles. The van der Waals surface area contributed by atoms with E-state index in [0.29, 0.717) is 18.0 Å². The van der Waals surface area contributed by atoms with Crippen molar-refractivity contribution < 1.29 is 9.47 Å². The van der Waals surface area contributed by atoms with Gasteiger partial charge in [-0.2, -0.15) is 5.53 Å². The number of ether oxygens (including phenoxy) is 2. The van der Waals surface area contributed by atoms with E-state index in [2.05, 4.69) is 20.7 Å². The number of nitrogens with one attached hydrogen (secondary N) is 2. The van der Waals surface area contributed by atoms with Crippen LogP contribution in [0.4, 0.5) is 0 Å². The molecule has 0 fully saturated rings. The monoisotopic (exact) mass is 236 g/mol. The quantitative estimate of drug-likeness (QED) is 0.327. The lowest BCUT2D eigenvalue weighted by Crippen LogP contribution is -2.06. The molecule has 0 heterocycles. The molecular weight excluding hydrogens is 224 g/mol. The molecular formula is C9H12N6O2. The van der Waals surface area contributed by atoms with E-state index < -0.39 is 0 Å². The molecule has 1 aromatic rings. The maximum Gasteiger partial charge on any atom is 0.167 e. The Hall–Kier alpha value is -2.47. The average molecular weight is 236 g/mol. The van der Waals surface area contributed by atoms with Gasteiger partial charge in [0.1, 0.15) is 11.5 Å². The Labute approximate surface area is 97.6 Å². The number of hydrogen-bond acceptors (Lipinski definition) is 5. The minimum Gasteiger partial charge on any atom is -0.497 e. The van der Waals surface area contributed by atoms with Crippen molar-refractivity contribution in [2.75, 3.05) is 13.8 Å². The molecule has 0 aliphatic carbocycles. The number of methoxy groups -OCH3 is 1. The lowest BCUT2D eigenvalue weighted by Gasteiger charge is -2.10. The Bertz CT molecular complexity index is 429. The highest BCUT2D eigenvalue weighted by molar-refractivity contribution is 5.40. The van der Waals surface area contributed by atoms with Gasteiger partial charge in [-0.3, -0.25) is 5.43 Å². The summed E-state index contributed by atoms with van der Waals surface area (Å²) < 4.78 is 10.3. The Morgan fingerprint density at radius 2 is 2.35 bits per heavy atom. The highest BCUT2D eigenvalue weighted by atomic mass is 16.5. The average Bonchev–Trinajstić information content (AvgIpc) is 2.37. The summed E-state index contributed by atoms with van der Waals surface area (Å²) in [5.74, 6) is 1.15. The van der Waals surface area contributed by atoms with Gasteiger partial charge in [0.15, 0.2) is 6.73 Å². The Morgan fingerprint density at radius 1 is 1.53 bits per heavy atom. The number of nitrogens with zero attached hydrogens (tertiary/aromatic N) is 4. The zero-order valence-corrected chi connectivity index (χ0v) is 9.25. The maximum absolute atomic E-state index is 8.16. The van der Waals surface area contributed by atoms with Crippen molar-refractivity contribution >= 4 is 0 Å². The van der Waals surface area contributed by atoms with Gasteiger partial charge < -0.3 is 9.47 Å². The molecule has 17 heavy (non-hydrogen) atoms. The first-order valence-electron chi connectivity index (χ1n) is 4.71. The molecule has 8 nitrogen and oxygen atoms in total. The van der Waals surface area contributed by atoms with Gasteiger partial charge in [0.05, 0.1) is 13.7 Å². The summed E-state index contributed by atoms with van der Waals surface area (Å²) in [5, 5.41) is 6.32. The Morgan fingerprint density at radius 3 is 3.00 bits per heavy atom. The van der Waals surface area contributed by atoms with Crippen molar-refractivity contribution in [1.82, 2.24) is 5.43 Å². The summed E-state index contributed by atoms with van der Waals surface area (Å²) in [6.45, 7) is 0.244. The van der Waals surface area contributed by atoms with Crippen LogP contribution < -0.4 is 14.9 Å². The van der Waals surface area contributed by atoms with Crippen LogP contribution in [0.25, 0.3) is 10.4 Å². The highest BCUT2D eigenvalue weighted by Gasteiger charge is 2.05. The van der Waals surface area contributed by atoms with Crippen LogP contribution >= 0.6 is 0 Å². The van der Waals surface area contributed by atoms with Crippen LogP contribution in [0.3, 0.4) is 0 Å². The first-order chi connectivity index (χ1) is 8.31. The maximum atomic E-state index is 8.16. The fraction of sp³-hybridized carbons (Fsp3) is 0.333. The second-order valence-corrected chi connectivity index (χ2v) is 2.92. The zero-order valence-electron chi connectivity index (χ0n) is 9.25. The van der Waals surface area contributed by atoms with Crippen LogP contribution in [0.2, 0.25) is 0 Å². The fourth-order valence-electron chi connectivity index (χ4n) is 1.19. The molecule has 0 atom stereocenters. The van der Waals surface area contributed by atoms with E-state index >= 15 is 0 Å². The summed E-state index contributed by atoms with van der Waals surface area (Å²) in [6, 6.07) is 5.22. The molecule has 0 aliphatic heterocycles. The highest BCUT2D eigenvalue weighted by Crippen LogP contribution is 2.24. The molecule has 90 valence electrons. The molecule has 0 aliphatic rings. The molecule has 0 aromatic heterocycles. The van der Waals surface area contributed by atoms with Crippen LogP contribution in [-0.4, -0.2) is 13.8 Å². The fourth-order valence-corrected chi connectivity index (χ4v) is 1.19. The molecule has 0 radical (unpaired) electrons. The first kappa shape index (κ1) is 12.6. The second-order valence-electron chi connectivity index (χ2n) is 2.92. The predicted octanol–water partition coefficient (Wildman–Crippen LogP) is 2.38. The van der Waals surface area contributed by atoms with Gasteiger partial charge >= 0.3 is 0 Å². The number of azide groups is 1. The van der Waals surface area contributed by atoms with Crippen LogP contribution in [0, 0.1) is 5.53 Å². The molecule has 0 saturated carbocycles. The molecule has 0 saturated heterocycles. The summed E-state index contributed by atoms with van der Waals surface area (Å²) >= 11 is 0. The summed E-state index contributed by atoms with van der Waals surface area (Å²) in [4.78, 5) is 2.59. The van der Waals surface area contributed by atoms with E-state index in [4.69, 9.17) is 20.5 Å². The van der Waals surface area contributed by atoms with E-state index in [9.17, 15) is 0 Å². The van der Waals surface area contributed by atoms with Crippen molar-refractivity contribution in [3.05, 3.63) is 34.2 Å². The molecule has 2 N–H and O–H groups in total. The van der Waals surface area contributed by atoms with Gasteiger partial charge in [-0.25, -0.2) is 0 Å². The van der Waals surface area contributed by atoms with Gasteiger partial charge in [0.2, 0.25) is 0 Å². The summed E-state index contributed by atoms with van der Waals surface area (Å²) in [5.41, 5.74) is 18.1. The number of rotatable bonds is 7. The van der Waals surface area contributed by atoms with Crippen molar-refractivity contribution in [1.29, 1.82) is 5.53 Å². The third kappa shape index (κ3) is 3.88. The van der Waals surface area contributed by atoms with Crippen LogP contribution in [0.1, 0.15) is 5.56 Å². The van der Waals surface area contributed by atoms with Gasteiger partial charge in [-0.05, 0) is 17.7 Å². The predicted molar refractivity (Wildman–Crippen MR) is 59.6 cm³/mol. The van der Waals surface area contributed by atoms with E-state index in [1.807, 2.05) is 0 Å². The number of hydrogen-bond donors (Lipinski definition) is 2. The van der Waals surface area contributed by atoms with Crippen molar-refractivity contribution in [3.63, 3.8) is 0 Å². The van der Waals surface area contributed by atoms with Gasteiger partial charge in [0.25, 0.3) is 0 Å². The molecule has 0 spiro atoms. The molecule has 0 amide bonds. The first-order valence-corrected chi connectivity index (χ1v) is 4.71. The Kier molecular flexibility index (Phi) is 5.12. The topological polar surface area (TPSA) is 115 Å². The SMILES string of the molecule is COc1ccc(CNN=N)c(OCN=[N+]=[N-])c1. The van der Waals surface area contributed by atoms with E-state index in [1.54, 1.807) is 25.3 Å². The summed E-state index contributed by atoms with van der Waals surface area (Å²) in [7, 11) is 1.55. The standard InChI is InChI=1S/C9H12N6O2/c1-16-8-3-2-7(5-12-14-10)9(4-8)17-6-13-15-11/h2-4H,5-6H2,1H3,(H2,10,12). The smallest absolute Gasteiger partial charge is 0.167 e. The minimum atomic E-state index is -0.102. The van der Waals surface area contributed by atoms with E-state index in [-0.39, 0.29) is 6.73 Å². The van der Waals surface area contributed by atoms with Crippen molar-refractivity contribution in [2.24, 2.45) is 10.3 Å². The molecule has 0 bridgehead atoms. The van der Waals surface area contributed by atoms with Crippen LogP contribution in [0.5, 0.6) is 11.5 Å². The van der Waals surface area contributed by atoms with Gasteiger partial charge in [0, 0.05) is 16.5 Å². The van der Waals surface area contributed by atoms with E-state index in [1.165, 1.54) is 0 Å².